The van der Waals surface area contributed by atoms with E-state index < -0.39 is 0 Å². The van der Waals surface area contributed by atoms with E-state index in [-0.39, 0.29) is 11.8 Å². The van der Waals surface area contributed by atoms with Crippen molar-refractivity contribution in [3.05, 3.63) is 113 Å². The van der Waals surface area contributed by atoms with Crippen LogP contribution in [0.4, 0.5) is 11.4 Å². The molecule has 0 aliphatic carbocycles. The smallest absolute Gasteiger partial charge is 0.282 e. The molecule has 4 heteroatoms. The number of amides is 2. The number of anilines is 2. The Balaban J connectivity index is 1.65. The first-order valence-electron chi connectivity index (χ1n) is 11.9. The maximum atomic E-state index is 13.9. The molecule has 35 heavy (non-hydrogen) atoms. The molecule has 0 spiro atoms. The van der Waals surface area contributed by atoms with E-state index in [1.807, 2.05) is 98.8 Å². The minimum Gasteiger partial charge on any atom is -0.350 e. The topological polar surface area (TPSA) is 49.4 Å². The van der Waals surface area contributed by atoms with Crippen LogP contribution in [0.1, 0.15) is 42.0 Å². The van der Waals surface area contributed by atoms with Crippen molar-refractivity contribution in [2.75, 3.05) is 10.2 Å². The van der Waals surface area contributed by atoms with E-state index in [9.17, 15) is 9.59 Å². The zero-order valence-corrected chi connectivity index (χ0v) is 20.4. The summed E-state index contributed by atoms with van der Waals surface area (Å²) in [6, 6.07) is 27.5. The van der Waals surface area contributed by atoms with E-state index in [1.165, 1.54) is 10.5 Å². The van der Waals surface area contributed by atoms with Crippen LogP contribution in [0.2, 0.25) is 0 Å². The first-order valence-corrected chi connectivity index (χ1v) is 11.9. The molecule has 0 aromatic heterocycles. The van der Waals surface area contributed by atoms with Gasteiger partial charge in [-0.05, 0) is 60.0 Å². The summed E-state index contributed by atoms with van der Waals surface area (Å²) in [7, 11) is 0. The molecule has 0 saturated carbocycles. The van der Waals surface area contributed by atoms with Crippen LogP contribution in [0.15, 0.2) is 90.6 Å². The molecule has 1 heterocycles. The Bertz CT molecular complexity index is 1490. The molecule has 0 radical (unpaired) electrons. The van der Waals surface area contributed by atoms with Crippen molar-refractivity contribution in [1.29, 1.82) is 0 Å². The summed E-state index contributed by atoms with van der Waals surface area (Å²) in [5.41, 5.74) is 6.09. The van der Waals surface area contributed by atoms with Crippen LogP contribution in [0.5, 0.6) is 0 Å². The van der Waals surface area contributed by atoms with Gasteiger partial charge in [-0.2, -0.15) is 0 Å². The third kappa shape index (κ3) is 4.01. The molecule has 4 aromatic rings. The third-order valence-electron chi connectivity index (χ3n) is 6.59. The summed E-state index contributed by atoms with van der Waals surface area (Å²) in [5, 5.41) is 5.13. The summed E-state index contributed by atoms with van der Waals surface area (Å²) in [4.78, 5) is 29.1. The SMILES string of the molecule is Cc1ccc(C2=C(Nc3ccc(C(C)C)cc3)C(=O)N(c3cccc4ccccc34)C2=O)c(C)c1. The molecule has 0 bridgehead atoms. The quantitative estimate of drug-likeness (QED) is 0.327. The predicted molar refractivity (Wildman–Crippen MR) is 143 cm³/mol. The zero-order chi connectivity index (χ0) is 24.7. The molecule has 0 saturated heterocycles. The zero-order valence-electron chi connectivity index (χ0n) is 20.4. The first kappa shape index (κ1) is 22.6. The summed E-state index contributed by atoms with van der Waals surface area (Å²) in [6.07, 6.45) is 0. The summed E-state index contributed by atoms with van der Waals surface area (Å²) < 4.78 is 0. The highest BCUT2D eigenvalue weighted by Gasteiger charge is 2.41. The number of nitrogens with zero attached hydrogens (tertiary/aromatic N) is 1. The largest absolute Gasteiger partial charge is 0.350 e. The van der Waals surface area contributed by atoms with Gasteiger partial charge in [0.2, 0.25) is 0 Å². The number of rotatable bonds is 5. The molecule has 1 aliphatic heterocycles. The fraction of sp³-hybridized carbons (Fsp3) is 0.161. The first-order chi connectivity index (χ1) is 16.8. The molecule has 174 valence electrons. The van der Waals surface area contributed by atoms with Gasteiger partial charge in [-0.15, -0.1) is 0 Å². The second kappa shape index (κ2) is 8.88. The van der Waals surface area contributed by atoms with Gasteiger partial charge in [0, 0.05) is 11.1 Å². The Kier molecular flexibility index (Phi) is 5.73. The van der Waals surface area contributed by atoms with Crippen molar-refractivity contribution in [2.45, 2.75) is 33.6 Å². The van der Waals surface area contributed by atoms with Gasteiger partial charge in [0.05, 0.1) is 11.3 Å². The molecule has 2 amide bonds. The van der Waals surface area contributed by atoms with Crippen molar-refractivity contribution in [2.24, 2.45) is 0 Å². The number of nitrogens with one attached hydrogen (secondary N) is 1. The van der Waals surface area contributed by atoms with E-state index >= 15 is 0 Å². The van der Waals surface area contributed by atoms with Gasteiger partial charge in [0.15, 0.2) is 0 Å². The number of hydrogen-bond donors (Lipinski definition) is 1. The fourth-order valence-electron chi connectivity index (χ4n) is 4.71. The second-order valence-electron chi connectivity index (χ2n) is 9.41. The molecule has 0 unspecified atom stereocenters. The van der Waals surface area contributed by atoms with Crippen LogP contribution in [-0.2, 0) is 9.59 Å². The van der Waals surface area contributed by atoms with Gasteiger partial charge in [-0.1, -0.05) is 86.1 Å². The molecule has 0 fully saturated rings. The van der Waals surface area contributed by atoms with Gasteiger partial charge in [0.25, 0.3) is 11.8 Å². The van der Waals surface area contributed by atoms with Crippen LogP contribution in [-0.4, -0.2) is 11.8 Å². The molecule has 1 N–H and O–H groups in total. The normalized spacial score (nSPS) is 13.9. The molecule has 4 aromatic carbocycles. The molecule has 1 aliphatic rings. The Morgan fingerprint density at radius 1 is 0.771 bits per heavy atom. The minimum atomic E-state index is -0.353. The fourth-order valence-corrected chi connectivity index (χ4v) is 4.71. The Labute approximate surface area is 205 Å². The highest BCUT2D eigenvalue weighted by Crippen LogP contribution is 2.38. The van der Waals surface area contributed by atoms with Gasteiger partial charge < -0.3 is 5.32 Å². The number of benzene rings is 4. The molecule has 5 rings (SSSR count). The number of carbonyl (C=O) groups excluding carboxylic acids is 2. The molecule has 4 nitrogen and oxygen atoms in total. The van der Waals surface area contributed by atoms with E-state index in [0.717, 1.165) is 33.2 Å². The van der Waals surface area contributed by atoms with Crippen LogP contribution >= 0.6 is 0 Å². The summed E-state index contributed by atoms with van der Waals surface area (Å²) in [6.45, 7) is 8.28. The Hall–Kier alpha value is -4.18. The van der Waals surface area contributed by atoms with Gasteiger partial charge in [-0.25, -0.2) is 4.90 Å². The van der Waals surface area contributed by atoms with Crippen LogP contribution in [0, 0.1) is 13.8 Å². The average Bonchev–Trinajstić information content (AvgIpc) is 3.08. The number of imide groups is 1. The minimum absolute atomic E-state index is 0.298. The number of fused-ring (bicyclic) bond motifs is 1. The van der Waals surface area contributed by atoms with Crippen LogP contribution < -0.4 is 10.2 Å². The van der Waals surface area contributed by atoms with Crippen LogP contribution in [0.25, 0.3) is 16.3 Å². The lowest BCUT2D eigenvalue weighted by molar-refractivity contribution is -0.120. The predicted octanol–water partition coefficient (Wildman–Crippen LogP) is 6.98. The van der Waals surface area contributed by atoms with Crippen molar-refractivity contribution in [3.8, 4) is 0 Å². The van der Waals surface area contributed by atoms with Gasteiger partial charge >= 0.3 is 0 Å². The molecule has 0 atom stereocenters. The van der Waals surface area contributed by atoms with Gasteiger partial charge in [0.1, 0.15) is 5.70 Å². The van der Waals surface area contributed by atoms with E-state index in [1.54, 1.807) is 0 Å². The lowest BCUT2D eigenvalue weighted by Gasteiger charge is -2.18. The molecular formula is C31H28N2O2. The van der Waals surface area contributed by atoms with Crippen molar-refractivity contribution >= 4 is 39.5 Å². The van der Waals surface area contributed by atoms with Crippen LogP contribution in [0.3, 0.4) is 0 Å². The van der Waals surface area contributed by atoms with Crippen molar-refractivity contribution in [1.82, 2.24) is 0 Å². The lowest BCUT2D eigenvalue weighted by Crippen LogP contribution is -2.32. The lowest BCUT2D eigenvalue weighted by atomic mass is 9.97. The van der Waals surface area contributed by atoms with Gasteiger partial charge in [-0.3, -0.25) is 9.59 Å². The van der Waals surface area contributed by atoms with E-state index in [0.29, 0.717) is 22.9 Å². The maximum absolute atomic E-state index is 13.9. The van der Waals surface area contributed by atoms with E-state index in [4.69, 9.17) is 0 Å². The van der Waals surface area contributed by atoms with Crippen molar-refractivity contribution in [3.63, 3.8) is 0 Å². The highest BCUT2D eigenvalue weighted by atomic mass is 16.2. The van der Waals surface area contributed by atoms with Crippen molar-refractivity contribution < 1.29 is 9.59 Å². The number of aryl methyl sites for hydroxylation is 2. The standard InChI is InChI=1S/C31H28N2O2/c1-19(2)22-13-15-24(16-14-22)32-29-28(25-17-12-20(3)18-21(25)4)30(34)33(31(29)35)27-11-7-9-23-8-5-6-10-26(23)27/h5-19,32H,1-4H3. The number of carbonyl (C=O) groups is 2. The monoisotopic (exact) mass is 460 g/mol. The summed E-state index contributed by atoms with van der Waals surface area (Å²) >= 11 is 0. The maximum Gasteiger partial charge on any atom is 0.282 e. The molecular weight excluding hydrogens is 432 g/mol. The number of hydrogen-bond acceptors (Lipinski definition) is 3. The van der Waals surface area contributed by atoms with E-state index in [2.05, 4.69) is 19.2 Å². The summed E-state index contributed by atoms with van der Waals surface area (Å²) in [5.74, 6) is -0.264. The average molecular weight is 461 g/mol. The Morgan fingerprint density at radius 3 is 2.20 bits per heavy atom. The highest BCUT2D eigenvalue weighted by molar-refractivity contribution is 6.47. The Morgan fingerprint density at radius 2 is 1.49 bits per heavy atom. The third-order valence-corrected chi connectivity index (χ3v) is 6.59. The second-order valence-corrected chi connectivity index (χ2v) is 9.41.